The Hall–Kier alpha value is -1.18. The van der Waals surface area contributed by atoms with Crippen LogP contribution in [-0.2, 0) is 21.2 Å². The number of rotatable bonds is 6. The molecule has 1 N–H and O–H groups in total. The first-order chi connectivity index (χ1) is 10.5. The second kappa shape index (κ2) is 7.39. The van der Waals surface area contributed by atoms with Crippen LogP contribution in [0.5, 0.6) is 0 Å². The van der Waals surface area contributed by atoms with Crippen molar-refractivity contribution in [2.24, 2.45) is 5.92 Å². The average molecular weight is 342 g/mol. The normalized spacial score (nSPS) is 17.3. The molecule has 0 radical (unpaired) electrons. The van der Waals surface area contributed by atoms with E-state index in [4.69, 9.17) is 0 Å². The molecule has 1 aliphatic heterocycles. The van der Waals surface area contributed by atoms with Crippen LogP contribution in [0.2, 0.25) is 0 Å². The number of piperidine rings is 1. The third-order valence-electron chi connectivity index (χ3n) is 3.82. The predicted molar refractivity (Wildman–Crippen MR) is 88.4 cm³/mol. The molecule has 2 rings (SSSR count). The minimum Gasteiger partial charge on any atom is -0.352 e. The quantitative estimate of drug-likeness (QED) is 0.804. The van der Waals surface area contributed by atoms with Crippen molar-refractivity contribution < 1.29 is 13.2 Å². The summed E-state index contributed by atoms with van der Waals surface area (Å²) in [6, 6.07) is 3.55. The molecular formula is C15H22N2O3S2. The van der Waals surface area contributed by atoms with E-state index < -0.39 is 10.0 Å². The third-order valence-corrected chi connectivity index (χ3v) is 7.42. The number of thiophene rings is 1. The van der Waals surface area contributed by atoms with Crippen LogP contribution in [0.3, 0.4) is 0 Å². The van der Waals surface area contributed by atoms with Gasteiger partial charge in [0.15, 0.2) is 0 Å². The Labute approximate surface area is 136 Å². The van der Waals surface area contributed by atoms with Crippen LogP contribution in [0.15, 0.2) is 29.0 Å². The zero-order valence-electron chi connectivity index (χ0n) is 12.7. The van der Waals surface area contributed by atoms with Gasteiger partial charge in [-0.1, -0.05) is 13.0 Å². The lowest BCUT2D eigenvalue weighted by Crippen LogP contribution is -2.42. The molecule has 1 aliphatic rings. The summed E-state index contributed by atoms with van der Waals surface area (Å²) in [4.78, 5) is 13.0. The molecule has 0 atom stereocenters. The van der Waals surface area contributed by atoms with Crippen LogP contribution in [0.1, 0.15) is 24.6 Å². The minimum absolute atomic E-state index is 0.0126. The Bertz CT molecular complexity index is 629. The predicted octanol–water partition coefficient (Wildman–Crippen LogP) is 2.01. The van der Waals surface area contributed by atoms with Gasteiger partial charge in [0.2, 0.25) is 5.91 Å². The zero-order valence-corrected chi connectivity index (χ0v) is 14.4. The first-order valence-electron chi connectivity index (χ1n) is 7.46. The molecule has 22 heavy (non-hydrogen) atoms. The molecular weight excluding hydrogens is 320 g/mol. The summed E-state index contributed by atoms with van der Waals surface area (Å²) in [5, 5.41) is 2.78. The molecule has 0 bridgehead atoms. The number of carbonyl (C=O) groups is 1. The smallest absolute Gasteiger partial charge is 0.252 e. The summed E-state index contributed by atoms with van der Waals surface area (Å²) in [5.41, 5.74) is 0. The number of hydrogen-bond donors (Lipinski definition) is 1. The maximum absolute atomic E-state index is 12.6. The second-order valence-electron chi connectivity index (χ2n) is 5.29. The fraction of sp³-hybridized carbons (Fsp3) is 0.533. The highest BCUT2D eigenvalue weighted by atomic mass is 32.2. The molecule has 122 valence electrons. The van der Waals surface area contributed by atoms with Gasteiger partial charge in [0, 0.05) is 30.4 Å². The SMILES string of the molecule is C=CCNC(=O)C1CCN(S(=O)(=O)c2ccc(CC)s2)CC1. The van der Waals surface area contributed by atoms with E-state index in [-0.39, 0.29) is 11.8 Å². The van der Waals surface area contributed by atoms with E-state index in [9.17, 15) is 13.2 Å². The van der Waals surface area contributed by atoms with Crippen molar-refractivity contribution in [1.29, 1.82) is 0 Å². The fourth-order valence-corrected chi connectivity index (χ4v) is 5.41. The van der Waals surface area contributed by atoms with Crippen LogP contribution >= 0.6 is 11.3 Å². The average Bonchev–Trinajstić information content (AvgIpc) is 3.02. The number of aryl methyl sites for hydroxylation is 1. The van der Waals surface area contributed by atoms with Crippen molar-refractivity contribution in [1.82, 2.24) is 9.62 Å². The van der Waals surface area contributed by atoms with Crippen LogP contribution in [-0.4, -0.2) is 38.3 Å². The second-order valence-corrected chi connectivity index (χ2v) is 8.62. The maximum Gasteiger partial charge on any atom is 0.252 e. The van der Waals surface area contributed by atoms with Gasteiger partial charge in [-0.2, -0.15) is 4.31 Å². The first-order valence-corrected chi connectivity index (χ1v) is 9.72. The number of hydrogen-bond acceptors (Lipinski definition) is 4. The highest BCUT2D eigenvalue weighted by Gasteiger charge is 2.32. The lowest BCUT2D eigenvalue weighted by molar-refractivity contribution is -0.125. The molecule has 0 unspecified atom stereocenters. The largest absolute Gasteiger partial charge is 0.352 e. The van der Waals surface area contributed by atoms with E-state index in [1.54, 1.807) is 12.1 Å². The van der Waals surface area contributed by atoms with Gasteiger partial charge in [-0.15, -0.1) is 17.9 Å². The van der Waals surface area contributed by atoms with Gasteiger partial charge >= 0.3 is 0 Å². The van der Waals surface area contributed by atoms with E-state index in [0.29, 0.717) is 36.7 Å². The summed E-state index contributed by atoms with van der Waals surface area (Å²) in [5.74, 6) is -0.123. The zero-order chi connectivity index (χ0) is 16.2. The maximum atomic E-state index is 12.6. The minimum atomic E-state index is -3.41. The molecule has 7 heteroatoms. The highest BCUT2D eigenvalue weighted by molar-refractivity contribution is 7.91. The van der Waals surface area contributed by atoms with Crippen molar-refractivity contribution in [3.63, 3.8) is 0 Å². The molecule has 0 spiro atoms. The van der Waals surface area contributed by atoms with Crippen molar-refractivity contribution in [3.05, 3.63) is 29.7 Å². The van der Waals surface area contributed by atoms with Gasteiger partial charge in [-0.05, 0) is 31.4 Å². The molecule has 0 saturated carbocycles. The van der Waals surface area contributed by atoms with Gasteiger partial charge in [-0.25, -0.2) is 8.42 Å². The monoisotopic (exact) mass is 342 g/mol. The van der Waals surface area contributed by atoms with Crippen LogP contribution in [0.4, 0.5) is 0 Å². The number of nitrogens with zero attached hydrogens (tertiary/aromatic N) is 1. The van der Waals surface area contributed by atoms with Crippen LogP contribution in [0, 0.1) is 5.92 Å². The van der Waals surface area contributed by atoms with Crippen molar-refractivity contribution in [2.75, 3.05) is 19.6 Å². The summed E-state index contributed by atoms with van der Waals surface area (Å²) in [6.07, 6.45) is 3.60. The Morgan fingerprint density at radius 1 is 1.45 bits per heavy atom. The molecule has 2 heterocycles. The summed E-state index contributed by atoms with van der Waals surface area (Å²) in [7, 11) is -3.41. The molecule has 1 fully saturated rings. The summed E-state index contributed by atoms with van der Waals surface area (Å²) >= 11 is 1.33. The van der Waals surface area contributed by atoms with Crippen LogP contribution < -0.4 is 5.32 Å². The summed E-state index contributed by atoms with van der Waals surface area (Å²) in [6.45, 7) is 6.82. The summed E-state index contributed by atoms with van der Waals surface area (Å²) < 4.78 is 27.1. The molecule has 0 aliphatic carbocycles. The Balaban J connectivity index is 1.98. The number of amides is 1. The molecule has 0 aromatic carbocycles. The number of carbonyl (C=O) groups excluding carboxylic acids is 1. The highest BCUT2D eigenvalue weighted by Crippen LogP contribution is 2.28. The Kier molecular flexibility index (Phi) is 5.77. The van der Waals surface area contributed by atoms with E-state index in [1.807, 2.05) is 13.0 Å². The molecule has 1 aromatic heterocycles. The topological polar surface area (TPSA) is 66.5 Å². The first kappa shape index (κ1) is 17.2. The standard InChI is InChI=1S/C15H22N2O3S2/c1-3-9-16-15(18)12-7-10-17(11-8-12)22(19,20)14-6-5-13(4-2)21-14/h3,5-6,12H,1,4,7-11H2,2H3,(H,16,18). The molecule has 5 nitrogen and oxygen atoms in total. The molecule has 1 saturated heterocycles. The molecule has 1 aromatic rings. The van der Waals surface area contributed by atoms with Crippen molar-refractivity contribution in [2.45, 2.75) is 30.4 Å². The van der Waals surface area contributed by atoms with E-state index in [2.05, 4.69) is 11.9 Å². The van der Waals surface area contributed by atoms with Crippen molar-refractivity contribution in [3.8, 4) is 0 Å². The van der Waals surface area contributed by atoms with Gasteiger partial charge in [0.05, 0.1) is 0 Å². The van der Waals surface area contributed by atoms with Crippen LogP contribution in [0.25, 0.3) is 0 Å². The van der Waals surface area contributed by atoms with Gasteiger partial charge in [-0.3, -0.25) is 4.79 Å². The van der Waals surface area contributed by atoms with Gasteiger partial charge in [0.1, 0.15) is 4.21 Å². The van der Waals surface area contributed by atoms with Gasteiger partial charge in [0.25, 0.3) is 10.0 Å². The number of sulfonamides is 1. The van der Waals surface area contributed by atoms with Crippen molar-refractivity contribution >= 4 is 27.3 Å². The van der Waals surface area contributed by atoms with E-state index >= 15 is 0 Å². The van der Waals surface area contributed by atoms with E-state index in [1.165, 1.54) is 15.6 Å². The fourth-order valence-electron chi connectivity index (χ4n) is 2.49. The lowest BCUT2D eigenvalue weighted by atomic mass is 9.97. The Morgan fingerprint density at radius 2 is 2.14 bits per heavy atom. The third kappa shape index (κ3) is 3.77. The lowest BCUT2D eigenvalue weighted by Gasteiger charge is -2.30. The van der Waals surface area contributed by atoms with E-state index in [0.717, 1.165) is 11.3 Å². The molecule has 1 amide bonds. The Morgan fingerprint density at radius 3 is 2.68 bits per heavy atom. The van der Waals surface area contributed by atoms with Gasteiger partial charge < -0.3 is 5.32 Å². The number of nitrogens with one attached hydrogen (secondary N) is 1.